The Bertz CT molecular complexity index is 441. The summed E-state index contributed by atoms with van der Waals surface area (Å²) in [5.74, 6) is 6.80. The summed E-state index contributed by atoms with van der Waals surface area (Å²) in [4.78, 5) is 4.23. The standard InChI is InChI=1S/C15H19NO3/c1-18-8-4-2-3-5-12-6-7-14(11-16-12)19-15-9-13(17)10-15/h6-7,11,13,15,17H,2,4,8-10H2,1H3. The van der Waals surface area contributed by atoms with Crippen molar-refractivity contribution in [1.82, 2.24) is 4.98 Å². The van der Waals surface area contributed by atoms with Gasteiger partial charge in [0.2, 0.25) is 0 Å². The summed E-state index contributed by atoms with van der Waals surface area (Å²) in [5, 5.41) is 9.18. The molecule has 0 radical (unpaired) electrons. The number of nitrogens with zero attached hydrogens (tertiary/aromatic N) is 1. The minimum atomic E-state index is -0.199. The van der Waals surface area contributed by atoms with Crippen molar-refractivity contribution in [1.29, 1.82) is 0 Å². The summed E-state index contributed by atoms with van der Waals surface area (Å²) in [7, 11) is 1.69. The molecule has 1 heterocycles. The fraction of sp³-hybridized carbons (Fsp3) is 0.533. The smallest absolute Gasteiger partial charge is 0.138 e. The first kappa shape index (κ1) is 13.9. The van der Waals surface area contributed by atoms with Crippen LogP contribution in [0.25, 0.3) is 0 Å². The molecule has 1 aromatic rings. The first-order chi connectivity index (χ1) is 9.28. The van der Waals surface area contributed by atoms with Crippen molar-refractivity contribution in [3.63, 3.8) is 0 Å². The van der Waals surface area contributed by atoms with Crippen molar-refractivity contribution in [2.45, 2.75) is 37.9 Å². The lowest BCUT2D eigenvalue weighted by molar-refractivity contribution is -0.0109. The quantitative estimate of drug-likeness (QED) is 0.648. The summed E-state index contributed by atoms with van der Waals surface area (Å²) in [6.07, 6.45) is 4.78. The molecule has 0 aliphatic heterocycles. The number of hydrogen-bond donors (Lipinski definition) is 1. The predicted molar refractivity (Wildman–Crippen MR) is 71.9 cm³/mol. The Balaban J connectivity index is 1.77. The van der Waals surface area contributed by atoms with Crippen LogP contribution < -0.4 is 4.74 Å². The second-order valence-electron chi connectivity index (χ2n) is 4.64. The van der Waals surface area contributed by atoms with E-state index < -0.39 is 0 Å². The van der Waals surface area contributed by atoms with Crippen LogP contribution >= 0.6 is 0 Å². The summed E-state index contributed by atoms with van der Waals surface area (Å²) in [6.45, 7) is 0.738. The van der Waals surface area contributed by atoms with E-state index in [9.17, 15) is 5.11 Å². The van der Waals surface area contributed by atoms with Crippen LogP contribution in [-0.4, -0.2) is 36.0 Å². The van der Waals surface area contributed by atoms with Gasteiger partial charge in [0.05, 0.1) is 12.3 Å². The van der Waals surface area contributed by atoms with Crippen LogP contribution in [0.1, 0.15) is 31.4 Å². The molecular weight excluding hydrogens is 242 g/mol. The van der Waals surface area contributed by atoms with Crippen LogP contribution in [0.3, 0.4) is 0 Å². The Morgan fingerprint density at radius 2 is 2.26 bits per heavy atom. The van der Waals surface area contributed by atoms with Crippen molar-refractivity contribution in [3.8, 4) is 17.6 Å². The van der Waals surface area contributed by atoms with Crippen LogP contribution in [0.15, 0.2) is 18.3 Å². The molecule has 1 aromatic heterocycles. The molecule has 0 atom stereocenters. The van der Waals surface area contributed by atoms with Crippen LogP contribution in [0.2, 0.25) is 0 Å². The number of aliphatic hydroxyl groups excluding tert-OH is 1. The molecule has 102 valence electrons. The molecule has 4 nitrogen and oxygen atoms in total. The largest absolute Gasteiger partial charge is 0.489 e. The van der Waals surface area contributed by atoms with Crippen molar-refractivity contribution >= 4 is 0 Å². The van der Waals surface area contributed by atoms with Gasteiger partial charge in [0.15, 0.2) is 0 Å². The molecule has 4 heteroatoms. The van der Waals surface area contributed by atoms with E-state index in [1.807, 2.05) is 12.1 Å². The number of methoxy groups -OCH3 is 1. The van der Waals surface area contributed by atoms with E-state index >= 15 is 0 Å². The van der Waals surface area contributed by atoms with Gasteiger partial charge in [-0.25, -0.2) is 4.98 Å². The van der Waals surface area contributed by atoms with E-state index in [1.165, 1.54) is 0 Å². The third-order valence-corrected chi connectivity index (χ3v) is 2.98. The molecule has 1 saturated carbocycles. The van der Waals surface area contributed by atoms with E-state index in [4.69, 9.17) is 9.47 Å². The average Bonchev–Trinajstić information content (AvgIpc) is 2.39. The number of aliphatic hydroxyl groups is 1. The topological polar surface area (TPSA) is 51.6 Å². The van der Waals surface area contributed by atoms with Gasteiger partial charge in [0, 0.05) is 33.0 Å². The molecular formula is C15H19NO3. The monoisotopic (exact) mass is 261 g/mol. The molecule has 1 N–H and O–H groups in total. The number of rotatable bonds is 5. The van der Waals surface area contributed by atoms with Crippen molar-refractivity contribution in [2.75, 3.05) is 13.7 Å². The minimum Gasteiger partial charge on any atom is -0.489 e. The van der Waals surface area contributed by atoms with E-state index in [0.717, 1.165) is 30.9 Å². The summed E-state index contributed by atoms with van der Waals surface area (Å²) in [6, 6.07) is 3.73. The number of pyridine rings is 1. The highest BCUT2D eigenvalue weighted by molar-refractivity contribution is 5.31. The fourth-order valence-electron chi connectivity index (χ4n) is 1.81. The summed E-state index contributed by atoms with van der Waals surface area (Å²) < 4.78 is 10.6. The van der Waals surface area contributed by atoms with Crippen LogP contribution in [-0.2, 0) is 4.74 Å². The Morgan fingerprint density at radius 3 is 2.89 bits per heavy atom. The van der Waals surface area contributed by atoms with Crippen molar-refractivity contribution in [3.05, 3.63) is 24.0 Å². The molecule has 0 spiro atoms. The lowest BCUT2D eigenvalue weighted by atomic mass is 9.92. The van der Waals surface area contributed by atoms with Gasteiger partial charge < -0.3 is 14.6 Å². The van der Waals surface area contributed by atoms with Gasteiger partial charge in [-0.3, -0.25) is 0 Å². The van der Waals surface area contributed by atoms with Gasteiger partial charge in [0.1, 0.15) is 17.5 Å². The summed E-state index contributed by atoms with van der Waals surface area (Å²) in [5.41, 5.74) is 0.749. The number of aromatic nitrogens is 1. The van der Waals surface area contributed by atoms with Crippen LogP contribution in [0, 0.1) is 11.8 Å². The molecule has 2 rings (SSSR count). The van der Waals surface area contributed by atoms with Crippen molar-refractivity contribution in [2.24, 2.45) is 0 Å². The molecule has 1 aliphatic carbocycles. The highest BCUT2D eigenvalue weighted by atomic mass is 16.5. The summed E-state index contributed by atoms with van der Waals surface area (Å²) >= 11 is 0. The Morgan fingerprint density at radius 1 is 1.42 bits per heavy atom. The molecule has 1 fully saturated rings. The fourth-order valence-corrected chi connectivity index (χ4v) is 1.81. The van der Waals surface area contributed by atoms with Crippen LogP contribution in [0.4, 0.5) is 0 Å². The molecule has 0 amide bonds. The highest BCUT2D eigenvalue weighted by Gasteiger charge is 2.28. The second kappa shape index (κ2) is 7.13. The first-order valence-electron chi connectivity index (χ1n) is 6.56. The second-order valence-corrected chi connectivity index (χ2v) is 4.64. The molecule has 0 bridgehead atoms. The van der Waals surface area contributed by atoms with Gasteiger partial charge in [-0.15, -0.1) is 0 Å². The van der Waals surface area contributed by atoms with E-state index in [-0.39, 0.29) is 12.2 Å². The first-order valence-corrected chi connectivity index (χ1v) is 6.56. The highest BCUT2D eigenvalue weighted by Crippen LogP contribution is 2.25. The third-order valence-electron chi connectivity index (χ3n) is 2.98. The van der Waals surface area contributed by atoms with E-state index in [2.05, 4.69) is 16.8 Å². The average molecular weight is 261 g/mol. The van der Waals surface area contributed by atoms with Crippen LogP contribution in [0.5, 0.6) is 5.75 Å². The zero-order valence-corrected chi connectivity index (χ0v) is 11.1. The Hall–Kier alpha value is -1.57. The zero-order chi connectivity index (χ0) is 13.5. The molecule has 0 unspecified atom stereocenters. The molecule has 19 heavy (non-hydrogen) atoms. The maximum Gasteiger partial charge on any atom is 0.138 e. The third kappa shape index (κ3) is 4.55. The lowest BCUT2D eigenvalue weighted by Crippen LogP contribution is -2.37. The zero-order valence-electron chi connectivity index (χ0n) is 11.1. The van der Waals surface area contributed by atoms with E-state index in [1.54, 1.807) is 13.3 Å². The molecule has 0 aromatic carbocycles. The number of unbranched alkanes of at least 4 members (excludes halogenated alkanes) is 1. The minimum absolute atomic E-state index is 0.128. The maximum absolute atomic E-state index is 9.18. The maximum atomic E-state index is 9.18. The van der Waals surface area contributed by atoms with Gasteiger partial charge in [-0.05, 0) is 24.5 Å². The predicted octanol–water partition coefficient (Wildman–Crippen LogP) is 1.76. The Labute approximate surface area is 113 Å². The normalized spacial score (nSPS) is 21.2. The van der Waals surface area contributed by atoms with Gasteiger partial charge >= 0.3 is 0 Å². The van der Waals surface area contributed by atoms with E-state index in [0.29, 0.717) is 12.8 Å². The van der Waals surface area contributed by atoms with Gasteiger partial charge in [-0.1, -0.05) is 5.92 Å². The van der Waals surface area contributed by atoms with Crippen molar-refractivity contribution < 1.29 is 14.6 Å². The van der Waals surface area contributed by atoms with Gasteiger partial charge in [-0.2, -0.15) is 0 Å². The van der Waals surface area contributed by atoms with Gasteiger partial charge in [0.25, 0.3) is 0 Å². The Kier molecular flexibility index (Phi) is 5.20. The molecule has 0 saturated heterocycles. The lowest BCUT2D eigenvalue weighted by Gasteiger charge is -2.31. The molecule has 1 aliphatic rings. The number of ether oxygens (including phenoxy) is 2. The number of hydrogen-bond acceptors (Lipinski definition) is 4. The SMILES string of the molecule is COCCCC#Cc1ccc(OC2CC(O)C2)cn1.